The molecule has 0 atom stereocenters. The molecule has 0 spiro atoms. The molecule has 1 aliphatic carbocycles. The van der Waals surface area contributed by atoms with Crippen molar-refractivity contribution in [1.82, 2.24) is 0 Å². The first-order chi connectivity index (χ1) is 8.63. The van der Waals surface area contributed by atoms with E-state index in [2.05, 4.69) is 0 Å². The Kier molecular flexibility index (Phi) is 3.97. The van der Waals surface area contributed by atoms with Crippen LogP contribution in [0.15, 0.2) is 24.3 Å². The normalized spacial score (nSPS) is 16.6. The molecule has 4 nitrogen and oxygen atoms in total. The molecule has 0 aromatic heterocycles. The van der Waals surface area contributed by atoms with Crippen LogP contribution < -0.4 is 4.74 Å². The fraction of sp³-hybridized carbons (Fsp3) is 0.429. The Morgan fingerprint density at radius 1 is 1.22 bits per heavy atom. The minimum atomic E-state index is -0.838. The Morgan fingerprint density at radius 3 is 2.39 bits per heavy atom. The van der Waals surface area contributed by atoms with Gasteiger partial charge in [-0.1, -0.05) is 12.1 Å². The van der Waals surface area contributed by atoms with E-state index in [1.165, 1.54) is 0 Å². The zero-order valence-electron chi connectivity index (χ0n) is 10.1. The first-order valence-corrected chi connectivity index (χ1v) is 6.12. The molecule has 1 aliphatic rings. The van der Waals surface area contributed by atoms with Gasteiger partial charge in [-0.15, -0.1) is 0 Å². The molecule has 1 N–H and O–H groups in total. The molecule has 2 rings (SSSR count). The van der Waals surface area contributed by atoms with Gasteiger partial charge >= 0.3 is 5.97 Å². The lowest BCUT2D eigenvalue weighted by atomic mass is 9.96. The number of aliphatic carboxylic acids is 1. The van der Waals surface area contributed by atoms with E-state index < -0.39 is 5.97 Å². The lowest BCUT2D eigenvalue weighted by Gasteiger charge is -2.22. The van der Waals surface area contributed by atoms with Gasteiger partial charge in [0.2, 0.25) is 0 Å². The number of carbonyl (C=O) groups is 2. The second-order valence-electron chi connectivity index (χ2n) is 4.57. The summed E-state index contributed by atoms with van der Waals surface area (Å²) in [5.74, 6) is 0.213. The maximum Gasteiger partial charge on any atom is 0.307 e. The molecule has 1 saturated carbocycles. The Labute approximate surface area is 106 Å². The summed E-state index contributed by atoms with van der Waals surface area (Å²) in [4.78, 5) is 21.6. The van der Waals surface area contributed by atoms with Crippen molar-refractivity contribution in [3.05, 3.63) is 29.8 Å². The number of carbonyl (C=O) groups excluding carboxylic acids is 1. The van der Waals surface area contributed by atoms with E-state index in [0.717, 1.165) is 24.2 Å². The van der Waals surface area contributed by atoms with Crippen molar-refractivity contribution in [2.24, 2.45) is 0 Å². The highest BCUT2D eigenvalue weighted by Gasteiger charge is 2.19. The Hall–Kier alpha value is -1.84. The standard InChI is InChI=1S/C14H16O4/c15-11-3-7-13(8-4-11)18-12-5-1-10(2-6-12)9-14(16)17/h1-2,5-6,13H,3-4,7-9H2,(H,16,17). The lowest BCUT2D eigenvalue weighted by molar-refractivity contribution is -0.136. The Balaban J connectivity index is 1.90. The molecule has 1 aromatic rings. The molecule has 4 heteroatoms. The Bertz CT molecular complexity index is 426. The van der Waals surface area contributed by atoms with Crippen LogP contribution in [-0.2, 0) is 16.0 Å². The fourth-order valence-electron chi connectivity index (χ4n) is 2.08. The number of rotatable bonds is 4. The summed E-state index contributed by atoms with van der Waals surface area (Å²) in [6.07, 6.45) is 2.88. The van der Waals surface area contributed by atoms with Gasteiger partial charge < -0.3 is 9.84 Å². The summed E-state index contributed by atoms with van der Waals surface area (Å²) in [7, 11) is 0. The summed E-state index contributed by atoms with van der Waals surface area (Å²) >= 11 is 0. The van der Waals surface area contributed by atoms with Crippen LogP contribution in [0.2, 0.25) is 0 Å². The van der Waals surface area contributed by atoms with Gasteiger partial charge in [0, 0.05) is 12.8 Å². The van der Waals surface area contributed by atoms with Crippen LogP contribution in [0.1, 0.15) is 31.2 Å². The van der Waals surface area contributed by atoms with Crippen molar-refractivity contribution in [3.63, 3.8) is 0 Å². The van der Waals surface area contributed by atoms with Crippen molar-refractivity contribution in [1.29, 1.82) is 0 Å². The van der Waals surface area contributed by atoms with Crippen LogP contribution >= 0.6 is 0 Å². The molecule has 1 aromatic carbocycles. The molecule has 0 amide bonds. The first-order valence-electron chi connectivity index (χ1n) is 6.12. The molecule has 0 radical (unpaired) electrons. The molecule has 0 unspecified atom stereocenters. The van der Waals surface area contributed by atoms with Gasteiger partial charge in [-0.3, -0.25) is 9.59 Å². The molecular formula is C14H16O4. The zero-order valence-corrected chi connectivity index (χ0v) is 10.1. The minimum Gasteiger partial charge on any atom is -0.490 e. The van der Waals surface area contributed by atoms with E-state index in [1.54, 1.807) is 24.3 Å². The molecule has 18 heavy (non-hydrogen) atoms. The first kappa shape index (κ1) is 12.6. The van der Waals surface area contributed by atoms with Crippen LogP contribution in [-0.4, -0.2) is 23.0 Å². The lowest BCUT2D eigenvalue weighted by Crippen LogP contribution is -2.23. The van der Waals surface area contributed by atoms with Gasteiger partial charge in [0.25, 0.3) is 0 Å². The number of carboxylic acid groups (broad SMARTS) is 1. The highest BCUT2D eigenvalue weighted by atomic mass is 16.5. The van der Waals surface area contributed by atoms with Gasteiger partial charge in [0.05, 0.1) is 12.5 Å². The highest BCUT2D eigenvalue weighted by Crippen LogP contribution is 2.22. The molecule has 0 bridgehead atoms. The van der Waals surface area contributed by atoms with Crippen molar-refractivity contribution < 1.29 is 19.4 Å². The van der Waals surface area contributed by atoms with E-state index in [4.69, 9.17) is 9.84 Å². The van der Waals surface area contributed by atoms with E-state index >= 15 is 0 Å². The zero-order chi connectivity index (χ0) is 13.0. The molecule has 96 valence electrons. The van der Waals surface area contributed by atoms with Crippen LogP contribution in [0, 0.1) is 0 Å². The number of ether oxygens (including phenoxy) is 1. The van der Waals surface area contributed by atoms with Crippen LogP contribution in [0.5, 0.6) is 5.75 Å². The number of benzene rings is 1. The summed E-state index contributed by atoms with van der Waals surface area (Å²) in [5, 5.41) is 8.66. The third-order valence-electron chi connectivity index (χ3n) is 3.07. The number of ketones is 1. The van der Waals surface area contributed by atoms with E-state index in [0.29, 0.717) is 18.6 Å². The van der Waals surface area contributed by atoms with Crippen LogP contribution in [0.25, 0.3) is 0 Å². The predicted octanol–water partition coefficient (Wildman–Crippen LogP) is 2.20. The average Bonchev–Trinajstić information content (AvgIpc) is 2.34. The summed E-state index contributed by atoms with van der Waals surface area (Å²) in [6, 6.07) is 7.10. The third kappa shape index (κ3) is 3.58. The molecule has 0 saturated heterocycles. The maximum atomic E-state index is 11.1. The largest absolute Gasteiger partial charge is 0.490 e. The van der Waals surface area contributed by atoms with Crippen LogP contribution in [0.4, 0.5) is 0 Å². The predicted molar refractivity (Wildman–Crippen MR) is 65.7 cm³/mol. The van der Waals surface area contributed by atoms with Crippen LogP contribution in [0.3, 0.4) is 0 Å². The third-order valence-corrected chi connectivity index (χ3v) is 3.07. The minimum absolute atomic E-state index is 0.0260. The Morgan fingerprint density at radius 2 is 1.83 bits per heavy atom. The second kappa shape index (κ2) is 5.67. The molecule has 1 fully saturated rings. The molecule has 0 heterocycles. The maximum absolute atomic E-state index is 11.1. The molecular weight excluding hydrogens is 232 g/mol. The summed E-state index contributed by atoms with van der Waals surface area (Å²) in [5.41, 5.74) is 0.758. The van der Waals surface area contributed by atoms with E-state index in [1.807, 2.05) is 0 Å². The van der Waals surface area contributed by atoms with E-state index in [9.17, 15) is 9.59 Å². The van der Waals surface area contributed by atoms with E-state index in [-0.39, 0.29) is 12.5 Å². The second-order valence-corrected chi connectivity index (χ2v) is 4.57. The van der Waals surface area contributed by atoms with Gasteiger partial charge in [-0.25, -0.2) is 0 Å². The van der Waals surface area contributed by atoms with Gasteiger partial charge in [0.15, 0.2) is 0 Å². The number of Topliss-reactive ketones (excluding diaryl/α,β-unsaturated/α-hetero) is 1. The van der Waals surface area contributed by atoms with Gasteiger partial charge in [0.1, 0.15) is 11.5 Å². The SMILES string of the molecule is O=C(O)Cc1ccc(OC2CCC(=O)CC2)cc1. The van der Waals surface area contributed by atoms with Crippen molar-refractivity contribution in [2.45, 2.75) is 38.2 Å². The highest BCUT2D eigenvalue weighted by molar-refractivity contribution is 5.79. The topological polar surface area (TPSA) is 63.6 Å². The summed E-state index contributed by atoms with van der Waals surface area (Å²) in [6.45, 7) is 0. The van der Waals surface area contributed by atoms with Crippen molar-refractivity contribution in [2.75, 3.05) is 0 Å². The van der Waals surface area contributed by atoms with Crippen molar-refractivity contribution in [3.8, 4) is 5.75 Å². The quantitative estimate of drug-likeness (QED) is 0.887. The number of carboxylic acids is 1. The van der Waals surface area contributed by atoms with Crippen molar-refractivity contribution >= 4 is 11.8 Å². The summed E-state index contributed by atoms with van der Waals surface area (Å²) < 4.78 is 5.76. The van der Waals surface area contributed by atoms with Gasteiger partial charge in [-0.05, 0) is 30.5 Å². The average molecular weight is 248 g/mol. The number of hydrogen-bond donors (Lipinski definition) is 1. The molecule has 0 aliphatic heterocycles. The fourth-order valence-corrected chi connectivity index (χ4v) is 2.08. The smallest absolute Gasteiger partial charge is 0.307 e. The van der Waals surface area contributed by atoms with Gasteiger partial charge in [-0.2, -0.15) is 0 Å². The monoisotopic (exact) mass is 248 g/mol. The number of hydrogen-bond acceptors (Lipinski definition) is 3.